The lowest BCUT2D eigenvalue weighted by Crippen LogP contribution is -2.33. The Labute approximate surface area is 111 Å². The standard InChI is InChI=1S/C11H20N6O2/c1-2-5-19-8-9-3-4-16(6-9)10(18)7-17-11(12)13-14-15-17/h9H,2-8H2,1H3,(H2,12,13,15)/t9-/m0/s1. The summed E-state index contributed by atoms with van der Waals surface area (Å²) in [6.45, 7) is 5.20. The third-order valence-electron chi connectivity index (χ3n) is 3.19. The van der Waals surface area contributed by atoms with Gasteiger partial charge >= 0.3 is 0 Å². The number of aromatic nitrogens is 4. The highest BCUT2D eigenvalue weighted by Gasteiger charge is 2.26. The summed E-state index contributed by atoms with van der Waals surface area (Å²) in [7, 11) is 0. The average Bonchev–Trinajstić information content (AvgIpc) is 3.00. The lowest BCUT2D eigenvalue weighted by Gasteiger charge is -2.16. The van der Waals surface area contributed by atoms with Gasteiger partial charge in [0.05, 0.1) is 6.61 Å². The number of nitrogen functional groups attached to an aromatic ring is 1. The van der Waals surface area contributed by atoms with Crippen LogP contribution in [0.2, 0.25) is 0 Å². The van der Waals surface area contributed by atoms with Crippen molar-refractivity contribution >= 4 is 11.9 Å². The van der Waals surface area contributed by atoms with E-state index >= 15 is 0 Å². The normalized spacial score (nSPS) is 19.0. The van der Waals surface area contributed by atoms with Crippen molar-refractivity contribution < 1.29 is 9.53 Å². The first-order chi connectivity index (χ1) is 9.20. The van der Waals surface area contributed by atoms with E-state index in [9.17, 15) is 4.79 Å². The quantitative estimate of drug-likeness (QED) is 0.700. The van der Waals surface area contributed by atoms with Crippen LogP contribution in [-0.4, -0.2) is 57.3 Å². The lowest BCUT2D eigenvalue weighted by molar-refractivity contribution is -0.131. The Bertz CT molecular complexity index is 421. The molecular weight excluding hydrogens is 248 g/mol. The highest BCUT2D eigenvalue weighted by atomic mass is 16.5. The van der Waals surface area contributed by atoms with Crippen molar-refractivity contribution in [3.05, 3.63) is 0 Å². The highest BCUT2D eigenvalue weighted by molar-refractivity contribution is 5.76. The molecule has 2 N–H and O–H groups in total. The maximum absolute atomic E-state index is 12.1. The summed E-state index contributed by atoms with van der Waals surface area (Å²) in [5.74, 6) is 0.592. The molecule has 0 saturated carbocycles. The number of amides is 1. The van der Waals surface area contributed by atoms with Crippen LogP contribution in [0, 0.1) is 5.92 Å². The summed E-state index contributed by atoms with van der Waals surface area (Å²) in [6, 6.07) is 0. The first-order valence-electron chi connectivity index (χ1n) is 6.58. The molecule has 1 aromatic heterocycles. The van der Waals surface area contributed by atoms with Crippen molar-refractivity contribution in [2.24, 2.45) is 5.92 Å². The molecule has 8 heteroatoms. The van der Waals surface area contributed by atoms with Crippen LogP contribution < -0.4 is 5.73 Å². The molecule has 1 saturated heterocycles. The van der Waals surface area contributed by atoms with Crippen LogP contribution in [0.4, 0.5) is 5.95 Å². The number of anilines is 1. The van der Waals surface area contributed by atoms with Crippen LogP contribution >= 0.6 is 0 Å². The maximum Gasteiger partial charge on any atom is 0.244 e. The van der Waals surface area contributed by atoms with E-state index in [1.54, 1.807) is 0 Å². The Morgan fingerprint density at radius 1 is 1.58 bits per heavy atom. The summed E-state index contributed by atoms with van der Waals surface area (Å²) < 4.78 is 6.83. The van der Waals surface area contributed by atoms with E-state index in [4.69, 9.17) is 10.5 Å². The Morgan fingerprint density at radius 3 is 3.11 bits per heavy atom. The number of likely N-dealkylation sites (tertiary alicyclic amines) is 1. The van der Waals surface area contributed by atoms with Crippen molar-refractivity contribution in [2.45, 2.75) is 26.3 Å². The number of tetrazole rings is 1. The van der Waals surface area contributed by atoms with Crippen LogP contribution in [0.25, 0.3) is 0 Å². The van der Waals surface area contributed by atoms with Gasteiger partial charge in [-0.1, -0.05) is 12.0 Å². The van der Waals surface area contributed by atoms with Crippen LogP contribution in [0.3, 0.4) is 0 Å². The fraction of sp³-hybridized carbons (Fsp3) is 0.818. The van der Waals surface area contributed by atoms with Crippen LogP contribution in [-0.2, 0) is 16.1 Å². The minimum atomic E-state index is -0.00279. The van der Waals surface area contributed by atoms with E-state index in [0.717, 1.165) is 39.1 Å². The highest BCUT2D eigenvalue weighted by Crippen LogP contribution is 2.17. The third-order valence-corrected chi connectivity index (χ3v) is 3.19. The fourth-order valence-electron chi connectivity index (χ4n) is 2.14. The van der Waals surface area contributed by atoms with E-state index in [1.807, 2.05) is 4.90 Å². The van der Waals surface area contributed by atoms with Crippen molar-refractivity contribution in [1.29, 1.82) is 0 Å². The summed E-state index contributed by atoms with van der Waals surface area (Å²) in [4.78, 5) is 13.9. The lowest BCUT2D eigenvalue weighted by atomic mass is 10.1. The Balaban J connectivity index is 1.77. The topological polar surface area (TPSA) is 99.2 Å². The second-order valence-electron chi connectivity index (χ2n) is 4.76. The van der Waals surface area contributed by atoms with Crippen LogP contribution in [0.5, 0.6) is 0 Å². The number of ether oxygens (including phenoxy) is 1. The van der Waals surface area contributed by atoms with E-state index in [2.05, 4.69) is 22.4 Å². The number of nitrogens with two attached hydrogens (primary N) is 1. The molecular formula is C11H20N6O2. The van der Waals surface area contributed by atoms with Gasteiger partial charge in [0, 0.05) is 25.6 Å². The Morgan fingerprint density at radius 2 is 2.42 bits per heavy atom. The van der Waals surface area contributed by atoms with Crippen LogP contribution in [0.15, 0.2) is 0 Å². The molecule has 1 aliphatic rings. The number of carbonyl (C=O) groups is 1. The van der Waals surface area contributed by atoms with Gasteiger partial charge in [-0.25, -0.2) is 4.68 Å². The molecule has 0 aliphatic carbocycles. The summed E-state index contributed by atoms with van der Waals surface area (Å²) >= 11 is 0. The molecule has 0 aromatic carbocycles. The van der Waals surface area contributed by atoms with Crippen molar-refractivity contribution in [3.63, 3.8) is 0 Å². The van der Waals surface area contributed by atoms with Gasteiger partial charge in [-0.2, -0.15) is 0 Å². The van der Waals surface area contributed by atoms with Gasteiger partial charge in [0.1, 0.15) is 6.54 Å². The van der Waals surface area contributed by atoms with Gasteiger partial charge in [0.15, 0.2) is 0 Å². The summed E-state index contributed by atoms with van der Waals surface area (Å²) in [5.41, 5.74) is 5.53. The monoisotopic (exact) mass is 268 g/mol. The maximum atomic E-state index is 12.1. The van der Waals surface area contributed by atoms with Crippen LogP contribution in [0.1, 0.15) is 19.8 Å². The third kappa shape index (κ3) is 3.63. The molecule has 1 aromatic rings. The predicted octanol–water partition coefficient (Wildman–Crippen LogP) is -0.470. The number of hydrogen-bond acceptors (Lipinski definition) is 6. The molecule has 1 aliphatic heterocycles. The minimum Gasteiger partial charge on any atom is -0.381 e. The van der Waals surface area contributed by atoms with Gasteiger partial charge in [-0.05, 0) is 23.3 Å². The smallest absolute Gasteiger partial charge is 0.244 e. The molecule has 1 amide bonds. The molecule has 1 atom stereocenters. The second-order valence-corrected chi connectivity index (χ2v) is 4.76. The Hall–Kier alpha value is -1.70. The molecule has 0 bridgehead atoms. The van der Waals surface area contributed by atoms with E-state index in [0.29, 0.717) is 5.92 Å². The SMILES string of the molecule is CCCOC[C@H]1CCN(C(=O)Cn2nnnc2N)C1. The molecule has 0 radical (unpaired) electrons. The zero-order valence-corrected chi connectivity index (χ0v) is 11.2. The summed E-state index contributed by atoms with van der Waals surface area (Å²) in [5, 5.41) is 10.6. The van der Waals surface area contributed by atoms with Gasteiger partial charge in [0.25, 0.3) is 0 Å². The van der Waals surface area contributed by atoms with E-state index in [-0.39, 0.29) is 18.4 Å². The molecule has 106 valence electrons. The molecule has 2 rings (SSSR count). The van der Waals surface area contributed by atoms with Gasteiger partial charge in [0.2, 0.25) is 11.9 Å². The second kappa shape index (κ2) is 6.46. The molecule has 0 spiro atoms. The average molecular weight is 268 g/mol. The van der Waals surface area contributed by atoms with Gasteiger partial charge in [-0.15, -0.1) is 0 Å². The van der Waals surface area contributed by atoms with E-state index in [1.165, 1.54) is 4.68 Å². The first-order valence-corrected chi connectivity index (χ1v) is 6.58. The van der Waals surface area contributed by atoms with Crippen molar-refractivity contribution in [1.82, 2.24) is 25.1 Å². The molecule has 1 fully saturated rings. The number of carbonyl (C=O) groups excluding carboxylic acids is 1. The molecule has 8 nitrogen and oxygen atoms in total. The minimum absolute atomic E-state index is 0.00279. The van der Waals surface area contributed by atoms with Crippen molar-refractivity contribution in [2.75, 3.05) is 32.0 Å². The first kappa shape index (κ1) is 13.7. The van der Waals surface area contributed by atoms with Gasteiger partial charge in [-0.3, -0.25) is 4.79 Å². The molecule has 0 unspecified atom stereocenters. The molecule has 2 heterocycles. The largest absolute Gasteiger partial charge is 0.381 e. The fourth-order valence-corrected chi connectivity index (χ4v) is 2.14. The predicted molar refractivity (Wildman–Crippen MR) is 68.0 cm³/mol. The van der Waals surface area contributed by atoms with Crippen molar-refractivity contribution in [3.8, 4) is 0 Å². The van der Waals surface area contributed by atoms with E-state index < -0.39 is 0 Å². The number of rotatable bonds is 6. The number of nitrogens with zero attached hydrogens (tertiary/aromatic N) is 5. The zero-order valence-electron chi connectivity index (χ0n) is 11.2. The van der Waals surface area contributed by atoms with Gasteiger partial charge < -0.3 is 15.4 Å². The zero-order chi connectivity index (χ0) is 13.7. The number of hydrogen-bond donors (Lipinski definition) is 1. The molecule has 19 heavy (non-hydrogen) atoms. The Kier molecular flexibility index (Phi) is 4.67. The summed E-state index contributed by atoms with van der Waals surface area (Å²) in [6.07, 6.45) is 2.01.